The molecule has 0 aliphatic rings. The maximum Gasteiger partial charge on any atom is 0.244 e. The van der Waals surface area contributed by atoms with E-state index in [0.717, 1.165) is 12.4 Å². The van der Waals surface area contributed by atoms with Crippen LogP contribution in [0.5, 0.6) is 0 Å². The largest absolute Gasteiger partial charge is 0.338 e. The van der Waals surface area contributed by atoms with E-state index in [-0.39, 0.29) is 23.3 Å². The molecular formula is C8H11N7O3S. The van der Waals surface area contributed by atoms with Gasteiger partial charge in [-0.3, -0.25) is 5.43 Å². The van der Waals surface area contributed by atoms with Crippen molar-refractivity contribution in [1.29, 1.82) is 0 Å². The number of hydrogen-bond acceptors (Lipinski definition) is 9. The van der Waals surface area contributed by atoms with Gasteiger partial charge in [-0.25, -0.2) is 29.0 Å². The van der Waals surface area contributed by atoms with Crippen LogP contribution in [0.1, 0.15) is 11.7 Å². The number of nitrogens with zero attached hydrogens (tertiary/aromatic N) is 4. The zero-order valence-corrected chi connectivity index (χ0v) is 10.7. The number of nitrogens with one attached hydrogen (secondary N) is 2. The molecule has 10 nitrogen and oxygen atoms in total. The molecule has 0 amide bonds. The molecule has 2 aromatic heterocycles. The number of hydrogen-bond donors (Lipinski definition) is 3. The molecular weight excluding hydrogens is 274 g/mol. The third-order valence-corrected chi connectivity index (χ3v) is 3.41. The van der Waals surface area contributed by atoms with Crippen molar-refractivity contribution in [3.63, 3.8) is 0 Å². The van der Waals surface area contributed by atoms with Crippen LogP contribution in [-0.4, -0.2) is 28.5 Å². The second kappa shape index (κ2) is 5.26. The molecule has 0 saturated heterocycles. The van der Waals surface area contributed by atoms with Crippen molar-refractivity contribution >= 4 is 16.0 Å². The Morgan fingerprint density at radius 1 is 1.37 bits per heavy atom. The van der Waals surface area contributed by atoms with Gasteiger partial charge in [0.25, 0.3) is 0 Å². The summed E-state index contributed by atoms with van der Waals surface area (Å²) in [7, 11) is -3.75. The standard InChI is InChI=1S/C8H11N7O3S/c1-5-13-7(18-15-5)4-12-19(16,17)6-2-10-8(14-9)11-3-6/h2-3,12H,4,9H2,1H3,(H,10,11,14). The molecule has 0 saturated carbocycles. The minimum atomic E-state index is -3.75. The summed E-state index contributed by atoms with van der Waals surface area (Å²) in [6.07, 6.45) is 2.26. The fourth-order valence-corrected chi connectivity index (χ4v) is 2.04. The van der Waals surface area contributed by atoms with Crippen molar-refractivity contribution in [3.8, 4) is 0 Å². The number of nitrogen functional groups attached to an aromatic ring is 1. The average molecular weight is 285 g/mol. The average Bonchev–Trinajstić information content (AvgIpc) is 2.82. The maximum absolute atomic E-state index is 11.9. The molecule has 0 aromatic carbocycles. The Balaban J connectivity index is 2.09. The van der Waals surface area contributed by atoms with Crippen LogP contribution < -0.4 is 16.0 Å². The van der Waals surface area contributed by atoms with E-state index in [1.165, 1.54) is 0 Å². The summed E-state index contributed by atoms with van der Waals surface area (Å²) in [6, 6.07) is 0. The monoisotopic (exact) mass is 285 g/mol. The van der Waals surface area contributed by atoms with E-state index in [1.54, 1.807) is 6.92 Å². The van der Waals surface area contributed by atoms with Crippen LogP contribution in [-0.2, 0) is 16.6 Å². The van der Waals surface area contributed by atoms with Crippen molar-refractivity contribution in [2.75, 3.05) is 5.43 Å². The number of anilines is 1. The summed E-state index contributed by atoms with van der Waals surface area (Å²) in [5.74, 6) is 5.79. The topological polar surface area (TPSA) is 149 Å². The van der Waals surface area contributed by atoms with Gasteiger partial charge < -0.3 is 4.52 Å². The minimum absolute atomic E-state index is 0.0947. The van der Waals surface area contributed by atoms with Gasteiger partial charge in [-0.1, -0.05) is 5.16 Å². The van der Waals surface area contributed by atoms with E-state index in [0.29, 0.717) is 5.82 Å². The van der Waals surface area contributed by atoms with E-state index in [1.807, 2.05) is 0 Å². The lowest BCUT2D eigenvalue weighted by Gasteiger charge is -2.04. The molecule has 0 spiro atoms. The minimum Gasteiger partial charge on any atom is -0.338 e. The van der Waals surface area contributed by atoms with E-state index in [9.17, 15) is 8.42 Å². The summed E-state index contributed by atoms with van der Waals surface area (Å²) in [5.41, 5.74) is 2.20. The molecule has 2 heterocycles. The fourth-order valence-electron chi connectivity index (χ4n) is 1.18. The first-order valence-corrected chi connectivity index (χ1v) is 6.57. The lowest BCUT2D eigenvalue weighted by molar-refractivity contribution is 0.372. The third-order valence-electron chi connectivity index (χ3n) is 2.05. The van der Waals surface area contributed by atoms with Crippen LogP contribution >= 0.6 is 0 Å². The number of aryl methyl sites for hydroxylation is 1. The van der Waals surface area contributed by atoms with Gasteiger partial charge in [-0.05, 0) is 6.92 Å². The molecule has 0 bridgehead atoms. The maximum atomic E-state index is 11.9. The Morgan fingerprint density at radius 3 is 2.58 bits per heavy atom. The van der Waals surface area contributed by atoms with E-state index in [4.69, 9.17) is 10.4 Å². The number of aromatic nitrogens is 4. The van der Waals surface area contributed by atoms with Gasteiger partial charge in [-0.15, -0.1) is 0 Å². The Labute approximate surface area is 108 Å². The Hall–Kier alpha value is -2.11. The van der Waals surface area contributed by atoms with Crippen molar-refractivity contribution in [1.82, 2.24) is 24.8 Å². The van der Waals surface area contributed by atoms with Gasteiger partial charge in [0.2, 0.25) is 21.9 Å². The van der Waals surface area contributed by atoms with Crippen LogP contribution in [0.4, 0.5) is 5.95 Å². The van der Waals surface area contributed by atoms with Crippen LogP contribution in [0.2, 0.25) is 0 Å². The molecule has 2 rings (SSSR count). The highest BCUT2D eigenvalue weighted by molar-refractivity contribution is 7.89. The molecule has 2 aromatic rings. The Bertz CT molecular complexity index is 651. The quantitative estimate of drug-likeness (QED) is 0.461. The number of sulfonamides is 1. The smallest absolute Gasteiger partial charge is 0.244 e. The van der Waals surface area contributed by atoms with Crippen LogP contribution in [0.15, 0.2) is 21.8 Å². The van der Waals surface area contributed by atoms with Gasteiger partial charge in [0.05, 0.1) is 18.9 Å². The highest BCUT2D eigenvalue weighted by Crippen LogP contribution is 2.07. The van der Waals surface area contributed by atoms with Crippen molar-refractivity contribution in [3.05, 3.63) is 24.1 Å². The first-order valence-electron chi connectivity index (χ1n) is 5.09. The van der Waals surface area contributed by atoms with Gasteiger partial charge in [-0.2, -0.15) is 4.98 Å². The summed E-state index contributed by atoms with van der Waals surface area (Å²) < 4.78 is 30.8. The molecule has 102 valence electrons. The van der Waals surface area contributed by atoms with E-state index >= 15 is 0 Å². The Morgan fingerprint density at radius 2 is 2.05 bits per heavy atom. The van der Waals surface area contributed by atoms with E-state index in [2.05, 4.69) is 30.3 Å². The zero-order valence-electron chi connectivity index (χ0n) is 9.86. The second-order valence-corrected chi connectivity index (χ2v) is 5.21. The van der Waals surface area contributed by atoms with Crippen LogP contribution in [0.3, 0.4) is 0 Å². The Kier molecular flexibility index (Phi) is 3.69. The van der Waals surface area contributed by atoms with Crippen molar-refractivity contribution in [2.45, 2.75) is 18.4 Å². The summed E-state index contributed by atoms with van der Waals surface area (Å²) in [4.78, 5) is 11.2. The fraction of sp³-hybridized carbons (Fsp3) is 0.250. The molecule has 0 fully saturated rings. The highest BCUT2D eigenvalue weighted by atomic mass is 32.2. The number of hydrazine groups is 1. The molecule has 11 heteroatoms. The molecule has 0 aliphatic carbocycles. The van der Waals surface area contributed by atoms with Crippen molar-refractivity contribution in [2.24, 2.45) is 5.84 Å². The number of rotatable bonds is 5. The van der Waals surface area contributed by atoms with E-state index < -0.39 is 10.0 Å². The SMILES string of the molecule is Cc1noc(CNS(=O)(=O)c2cnc(NN)nc2)n1. The second-order valence-electron chi connectivity index (χ2n) is 3.45. The van der Waals surface area contributed by atoms with Gasteiger partial charge in [0.15, 0.2) is 5.82 Å². The zero-order chi connectivity index (χ0) is 13.9. The van der Waals surface area contributed by atoms with Crippen LogP contribution in [0, 0.1) is 6.92 Å². The molecule has 0 aliphatic heterocycles. The predicted molar refractivity (Wildman–Crippen MR) is 62.9 cm³/mol. The molecule has 19 heavy (non-hydrogen) atoms. The third kappa shape index (κ3) is 3.21. The molecule has 0 radical (unpaired) electrons. The number of nitrogens with two attached hydrogens (primary N) is 1. The first-order chi connectivity index (χ1) is 9.01. The summed E-state index contributed by atoms with van der Waals surface area (Å²) in [5, 5.41) is 3.54. The van der Waals surface area contributed by atoms with Crippen molar-refractivity contribution < 1.29 is 12.9 Å². The lowest BCUT2D eigenvalue weighted by Crippen LogP contribution is -2.24. The highest BCUT2D eigenvalue weighted by Gasteiger charge is 2.16. The normalized spacial score (nSPS) is 11.5. The first kappa shape index (κ1) is 13.3. The molecule has 0 unspecified atom stereocenters. The van der Waals surface area contributed by atoms with Gasteiger partial charge in [0, 0.05) is 0 Å². The summed E-state index contributed by atoms with van der Waals surface area (Å²) in [6.45, 7) is 1.52. The summed E-state index contributed by atoms with van der Waals surface area (Å²) >= 11 is 0. The van der Waals surface area contributed by atoms with Gasteiger partial charge in [0.1, 0.15) is 4.90 Å². The predicted octanol–water partition coefficient (Wildman–Crippen LogP) is -1.07. The lowest BCUT2D eigenvalue weighted by atomic mass is 10.6. The van der Waals surface area contributed by atoms with Crippen LogP contribution in [0.25, 0.3) is 0 Å². The van der Waals surface area contributed by atoms with Gasteiger partial charge >= 0.3 is 0 Å². The molecule has 0 atom stereocenters. The molecule has 4 N–H and O–H groups in total.